The average molecular weight is 233 g/mol. The van der Waals surface area contributed by atoms with Gasteiger partial charge < -0.3 is 19.5 Å². The fourth-order valence-electron chi connectivity index (χ4n) is 1.05. The number of ether oxygens (including phenoxy) is 2. The van der Waals surface area contributed by atoms with E-state index in [1.54, 1.807) is 7.05 Å². The van der Waals surface area contributed by atoms with Gasteiger partial charge in [-0.3, -0.25) is 4.79 Å². The van der Waals surface area contributed by atoms with Gasteiger partial charge in [-0.2, -0.15) is 0 Å². The topological polar surface area (TPSA) is 59.0 Å². The minimum atomic E-state index is -0.659. The maximum Gasteiger partial charge on any atom is 0.248 e. The van der Waals surface area contributed by atoms with E-state index in [4.69, 9.17) is 9.47 Å². The molecule has 5 nitrogen and oxygen atoms in total. The van der Waals surface area contributed by atoms with Gasteiger partial charge in [-0.25, -0.2) is 0 Å². The maximum absolute atomic E-state index is 11.6. The van der Waals surface area contributed by atoms with Crippen molar-refractivity contribution in [3.05, 3.63) is 0 Å². The third kappa shape index (κ3) is 7.62. The highest BCUT2D eigenvalue weighted by Crippen LogP contribution is 2.06. The summed E-state index contributed by atoms with van der Waals surface area (Å²) in [6.07, 6.45) is -0.659. The molecule has 0 fully saturated rings. The van der Waals surface area contributed by atoms with E-state index in [0.29, 0.717) is 0 Å². The van der Waals surface area contributed by atoms with Gasteiger partial charge >= 0.3 is 0 Å². The quantitative estimate of drug-likeness (QED) is 0.715. The van der Waals surface area contributed by atoms with Crippen molar-refractivity contribution >= 4 is 5.91 Å². The first kappa shape index (κ1) is 15.3. The number of carbonyl (C=O) groups excluding carboxylic acids is 1. The van der Waals surface area contributed by atoms with Gasteiger partial charge in [0.15, 0.2) is 0 Å². The minimum Gasteiger partial charge on any atom is -0.389 e. The Morgan fingerprint density at radius 3 is 2.44 bits per heavy atom. The lowest BCUT2D eigenvalue weighted by Gasteiger charge is -2.24. The van der Waals surface area contributed by atoms with Crippen LogP contribution in [0.5, 0.6) is 0 Å². The highest BCUT2D eigenvalue weighted by atomic mass is 16.5. The van der Waals surface area contributed by atoms with Crippen molar-refractivity contribution in [2.24, 2.45) is 0 Å². The van der Waals surface area contributed by atoms with Crippen LogP contribution in [-0.2, 0) is 14.3 Å². The average Bonchev–Trinajstić information content (AvgIpc) is 2.13. The Balaban J connectivity index is 3.90. The van der Waals surface area contributed by atoms with E-state index >= 15 is 0 Å². The SMILES string of the molecule is COCC(O)CN(C)C(=O)COC(C)(C)C. The third-order valence-electron chi connectivity index (χ3n) is 1.90. The Bertz CT molecular complexity index is 213. The first-order valence-corrected chi connectivity index (χ1v) is 5.31. The van der Waals surface area contributed by atoms with Crippen LogP contribution in [0.2, 0.25) is 0 Å². The number of rotatable bonds is 6. The second-order valence-corrected chi connectivity index (χ2v) is 4.78. The number of aliphatic hydroxyl groups is 1. The third-order valence-corrected chi connectivity index (χ3v) is 1.90. The second kappa shape index (κ2) is 6.83. The molecule has 96 valence electrons. The summed E-state index contributed by atoms with van der Waals surface area (Å²) in [6.45, 7) is 6.16. The molecule has 1 N–H and O–H groups in total. The van der Waals surface area contributed by atoms with Crippen molar-refractivity contribution in [3.63, 3.8) is 0 Å². The molecule has 16 heavy (non-hydrogen) atoms. The molecule has 0 bridgehead atoms. The highest BCUT2D eigenvalue weighted by molar-refractivity contribution is 5.77. The molecule has 1 amide bonds. The Hall–Kier alpha value is -0.650. The lowest BCUT2D eigenvalue weighted by atomic mass is 10.2. The molecule has 0 rings (SSSR count). The van der Waals surface area contributed by atoms with E-state index in [2.05, 4.69) is 0 Å². The molecule has 1 atom stereocenters. The van der Waals surface area contributed by atoms with Gasteiger partial charge in [-0.05, 0) is 20.8 Å². The molecule has 0 heterocycles. The summed E-state index contributed by atoms with van der Waals surface area (Å²) >= 11 is 0. The summed E-state index contributed by atoms with van der Waals surface area (Å²) in [7, 11) is 3.14. The first-order chi connectivity index (χ1) is 7.26. The van der Waals surface area contributed by atoms with E-state index in [1.807, 2.05) is 20.8 Å². The van der Waals surface area contributed by atoms with Crippen molar-refractivity contribution in [2.45, 2.75) is 32.5 Å². The van der Waals surface area contributed by atoms with Crippen LogP contribution in [0.15, 0.2) is 0 Å². The molecular formula is C11H23NO4. The molecule has 0 aliphatic carbocycles. The standard InChI is InChI=1S/C11H23NO4/c1-11(2,3)16-8-10(14)12(4)6-9(13)7-15-5/h9,13H,6-8H2,1-5H3. The Kier molecular flexibility index (Phi) is 6.55. The van der Waals surface area contributed by atoms with Gasteiger partial charge in [-0.15, -0.1) is 0 Å². The molecule has 5 heteroatoms. The van der Waals surface area contributed by atoms with Crippen LogP contribution in [0.3, 0.4) is 0 Å². The Morgan fingerprint density at radius 1 is 1.44 bits per heavy atom. The van der Waals surface area contributed by atoms with Gasteiger partial charge in [-0.1, -0.05) is 0 Å². The highest BCUT2D eigenvalue weighted by Gasteiger charge is 2.17. The number of amides is 1. The Morgan fingerprint density at radius 2 is 2.00 bits per heavy atom. The number of aliphatic hydroxyl groups excluding tert-OH is 1. The summed E-state index contributed by atoms with van der Waals surface area (Å²) < 4.78 is 10.1. The number of nitrogens with zero attached hydrogens (tertiary/aromatic N) is 1. The summed E-state index contributed by atoms with van der Waals surface area (Å²) in [6, 6.07) is 0. The summed E-state index contributed by atoms with van der Waals surface area (Å²) in [5.41, 5.74) is -0.332. The summed E-state index contributed by atoms with van der Waals surface area (Å²) in [4.78, 5) is 13.0. The predicted octanol–water partition coefficient (Wildman–Crippen LogP) is 0.267. The molecular weight excluding hydrogens is 210 g/mol. The van der Waals surface area contributed by atoms with E-state index in [0.717, 1.165) is 0 Å². The van der Waals surface area contributed by atoms with Gasteiger partial charge in [0, 0.05) is 20.7 Å². The normalized spacial score (nSPS) is 13.6. The largest absolute Gasteiger partial charge is 0.389 e. The van der Waals surface area contributed by atoms with Crippen LogP contribution in [0.1, 0.15) is 20.8 Å². The minimum absolute atomic E-state index is 0.0275. The zero-order valence-electron chi connectivity index (χ0n) is 10.8. The van der Waals surface area contributed by atoms with Crippen molar-refractivity contribution in [1.29, 1.82) is 0 Å². The monoisotopic (exact) mass is 233 g/mol. The van der Waals surface area contributed by atoms with Crippen LogP contribution < -0.4 is 0 Å². The fraction of sp³-hybridized carbons (Fsp3) is 0.909. The first-order valence-electron chi connectivity index (χ1n) is 5.31. The zero-order valence-corrected chi connectivity index (χ0v) is 10.8. The van der Waals surface area contributed by atoms with E-state index in [1.165, 1.54) is 12.0 Å². The van der Waals surface area contributed by atoms with Crippen LogP contribution in [0.4, 0.5) is 0 Å². The summed E-state index contributed by atoms with van der Waals surface area (Å²) in [5, 5.41) is 9.44. The van der Waals surface area contributed by atoms with Gasteiger partial charge in [0.05, 0.1) is 18.3 Å². The number of methoxy groups -OCH3 is 1. The van der Waals surface area contributed by atoms with Crippen molar-refractivity contribution in [1.82, 2.24) is 4.90 Å². The Labute approximate surface area is 97.3 Å². The number of likely N-dealkylation sites (N-methyl/N-ethyl adjacent to an activating group) is 1. The molecule has 0 aliphatic heterocycles. The van der Waals surface area contributed by atoms with Crippen molar-refractivity contribution in [3.8, 4) is 0 Å². The molecule has 0 radical (unpaired) electrons. The van der Waals surface area contributed by atoms with Crippen LogP contribution in [0.25, 0.3) is 0 Å². The molecule has 1 unspecified atom stereocenters. The number of hydrogen-bond acceptors (Lipinski definition) is 4. The van der Waals surface area contributed by atoms with Crippen LogP contribution in [0, 0.1) is 0 Å². The summed E-state index contributed by atoms with van der Waals surface area (Å²) in [5.74, 6) is -0.148. The molecule has 0 spiro atoms. The molecule has 0 aromatic heterocycles. The van der Waals surface area contributed by atoms with Crippen molar-refractivity contribution < 1.29 is 19.4 Å². The van der Waals surface area contributed by atoms with E-state index < -0.39 is 6.10 Å². The second-order valence-electron chi connectivity index (χ2n) is 4.78. The molecule has 0 aromatic carbocycles. The number of carbonyl (C=O) groups is 1. The molecule has 0 aromatic rings. The van der Waals surface area contributed by atoms with Crippen LogP contribution >= 0.6 is 0 Å². The smallest absolute Gasteiger partial charge is 0.248 e. The van der Waals surface area contributed by atoms with Crippen molar-refractivity contribution in [2.75, 3.05) is 33.9 Å². The van der Waals surface area contributed by atoms with Gasteiger partial charge in [0.2, 0.25) is 5.91 Å². The zero-order chi connectivity index (χ0) is 12.8. The predicted molar refractivity (Wildman–Crippen MR) is 61.2 cm³/mol. The van der Waals surface area contributed by atoms with Gasteiger partial charge in [0.25, 0.3) is 0 Å². The van der Waals surface area contributed by atoms with E-state index in [9.17, 15) is 9.90 Å². The fourth-order valence-corrected chi connectivity index (χ4v) is 1.05. The molecule has 0 saturated heterocycles. The number of hydrogen-bond donors (Lipinski definition) is 1. The maximum atomic E-state index is 11.6. The molecule has 0 aliphatic rings. The lowest BCUT2D eigenvalue weighted by Crippen LogP contribution is -2.39. The lowest BCUT2D eigenvalue weighted by molar-refractivity contribution is -0.141. The van der Waals surface area contributed by atoms with E-state index in [-0.39, 0.29) is 31.3 Å². The van der Waals surface area contributed by atoms with Gasteiger partial charge in [0.1, 0.15) is 6.61 Å². The van der Waals surface area contributed by atoms with Crippen LogP contribution in [-0.4, -0.2) is 61.5 Å². The molecule has 0 saturated carbocycles.